The number of hydrogen-bond donors (Lipinski definition) is 1. The van der Waals surface area contributed by atoms with Crippen molar-refractivity contribution in [2.45, 2.75) is 0 Å². The summed E-state index contributed by atoms with van der Waals surface area (Å²) in [7, 11) is 0. The first kappa shape index (κ1) is 19.1. The fraction of sp³-hybridized carbons (Fsp3) is 0.238. The number of amides is 2. The summed E-state index contributed by atoms with van der Waals surface area (Å²) < 4.78 is 0. The number of nitrogens with one attached hydrogen (secondary N) is 1. The predicted octanol–water partition coefficient (Wildman–Crippen LogP) is 3.14. The second-order valence-corrected chi connectivity index (χ2v) is 6.78. The summed E-state index contributed by atoms with van der Waals surface area (Å²) in [6, 6.07) is 16.9. The maximum Gasteiger partial charge on any atom is 0.246 e. The van der Waals surface area contributed by atoms with E-state index in [0.717, 1.165) is 5.56 Å². The first-order chi connectivity index (χ1) is 13.1. The van der Waals surface area contributed by atoms with Gasteiger partial charge in [-0.2, -0.15) is 0 Å². The molecule has 2 aromatic rings. The molecule has 27 heavy (non-hydrogen) atoms. The molecule has 0 radical (unpaired) electrons. The van der Waals surface area contributed by atoms with Crippen molar-refractivity contribution in [3.63, 3.8) is 0 Å². The van der Waals surface area contributed by atoms with Crippen LogP contribution in [0.4, 0.5) is 5.69 Å². The van der Waals surface area contributed by atoms with Gasteiger partial charge in [0.1, 0.15) is 0 Å². The van der Waals surface area contributed by atoms with Crippen LogP contribution in [0.5, 0.6) is 0 Å². The minimum atomic E-state index is -0.105. The molecule has 3 rings (SSSR count). The van der Waals surface area contributed by atoms with Crippen LogP contribution >= 0.6 is 11.6 Å². The van der Waals surface area contributed by atoms with Crippen molar-refractivity contribution in [2.24, 2.45) is 0 Å². The third kappa shape index (κ3) is 5.67. The van der Waals surface area contributed by atoms with Crippen LogP contribution in [0.15, 0.2) is 60.7 Å². The molecule has 0 bridgehead atoms. The molecule has 6 heteroatoms. The second kappa shape index (κ2) is 9.35. The lowest BCUT2D eigenvalue weighted by Gasteiger charge is -2.33. The largest absolute Gasteiger partial charge is 0.337 e. The molecule has 1 fully saturated rings. The monoisotopic (exact) mass is 383 g/mol. The number of hydrogen-bond acceptors (Lipinski definition) is 3. The van der Waals surface area contributed by atoms with Gasteiger partial charge in [-0.15, -0.1) is 0 Å². The number of carbonyl (C=O) groups is 2. The van der Waals surface area contributed by atoms with Gasteiger partial charge in [-0.05, 0) is 23.8 Å². The zero-order valence-electron chi connectivity index (χ0n) is 15.0. The molecule has 0 spiro atoms. The molecule has 0 unspecified atom stereocenters. The maximum absolute atomic E-state index is 12.3. The van der Waals surface area contributed by atoms with Crippen LogP contribution in [0, 0.1) is 0 Å². The quantitative estimate of drug-likeness (QED) is 0.807. The van der Waals surface area contributed by atoms with Crippen LogP contribution in [0.1, 0.15) is 5.56 Å². The second-order valence-electron chi connectivity index (χ2n) is 6.37. The average Bonchev–Trinajstić information content (AvgIpc) is 2.69. The lowest BCUT2D eigenvalue weighted by Crippen LogP contribution is -2.50. The summed E-state index contributed by atoms with van der Waals surface area (Å²) >= 11 is 6.06. The number of anilines is 1. The van der Waals surface area contributed by atoms with Crippen molar-refractivity contribution >= 4 is 35.2 Å². The minimum Gasteiger partial charge on any atom is -0.337 e. The molecule has 140 valence electrons. The fourth-order valence-electron chi connectivity index (χ4n) is 2.92. The van der Waals surface area contributed by atoms with Gasteiger partial charge in [0, 0.05) is 32.3 Å². The van der Waals surface area contributed by atoms with Gasteiger partial charge in [-0.1, -0.05) is 54.1 Å². The molecule has 5 nitrogen and oxygen atoms in total. The van der Waals surface area contributed by atoms with E-state index in [1.807, 2.05) is 58.3 Å². The highest BCUT2D eigenvalue weighted by Crippen LogP contribution is 2.20. The van der Waals surface area contributed by atoms with Gasteiger partial charge >= 0.3 is 0 Å². The Labute approximate surface area is 164 Å². The average molecular weight is 384 g/mol. The Morgan fingerprint density at radius 2 is 1.63 bits per heavy atom. The van der Waals surface area contributed by atoms with Gasteiger partial charge < -0.3 is 10.2 Å². The highest BCUT2D eigenvalue weighted by molar-refractivity contribution is 6.33. The SMILES string of the molecule is O=C(CN1CCN(C(=O)/C=C/c2ccccc2)CC1)Nc1ccccc1Cl. The highest BCUT2D eigenvalue weighted by Gasteiger charge is 2.21. The van der Waals surface area contributed by atoms with Gasteiger partial charge in [0.25, 0.3) is 0 Å². The summed E-state index contributed by atoms with van der Waals surface area (Å²) in [5.41, 5.74) is 1.62. The van der Waals surface area contributed by atoms with E-state index in [4.69, 9.17) is 11.6 Å². The molecule has 1 aliphatic rings. The molecular formula is C21H22ClN3O2. The minimum absolute atomic E-state index is 0.000906. The topological polar surface area (TPSA) is 52.7 Å². The van der Waals surface area contributed by atoms with Crippen molar-refractivity contribution in [3.8, 4) is 0 Å². The Balaban J connectivity index is 1.44. The van der Waals surface area contributed by atoms with Crippen LogP contribution < -0.4 is 5.32 Å². The number of halogens is 1. The number of para-hydroxylation sites is 1. The molecule has 0 saturated carbocycles. The van der Waals surface area contributed by atoms with Gasteiger partial charge in [0.2, 0.25) is 11.8 Å². The van der Waals surface area contributed by atoms with Crippen LogP contribution in [0.25, 0.3) is 6.08 Å². The van der Waals surface area contributed by atoms with E-state index in [9.17, 15) is 9.59 Å². The molecule has 1 N–H and O–H groups in total. The number of carbonyl (C=O) groups excluding carboxylic acids is 2. The Morgan fingerprint density at radius 1 is 0.963 bits per heavy atom. The van der Waals surface area contributed by atoms with E-state index >= 15 is 0 Å². The Morgan fingerprint density at radius 3 is 2.33 bits per heavy atom. The first-order valence-electron chi connectivity index (χ1n) is 8.90. The van der Waals surface area contributed by atoms with E-state index < -0.39 is 0 Å². The summed E-state index contributed by atoms with van der Waals surface area (Å²) in [6.45, 7) is 2.84. The molecule has 0 aromatic heterocycles. The van der Waals surface area contributed by atoms with Crippen LogP contribution in [0.3, 0.4) is 0 Å². The molecule has 0 atom stereocenters. The van der Waals surface area contributed by atoms with Crippen LogP contribution in [-0.2, 0) is 9.59 Å². The molecule has 2 amide bonds. The standard InChI is InChI=1S/C21H22ClN3O2/c22-18-8-4-5-9-19(18)23-20(26)16-24-12-14-25(15-13-24)21(27)11-10-17-6-2-1-3-7-17/h1-11H,12-16H2,(H,23,26)/b11-10+. The van der Waals surface area contributed by atoms with Crippen LogP contribution in [0.2, 0.25) is 5.02 Å². The van der Waals surface area contributed by atoms with E-state index in [2.05, 4.69) is 5.32 Å². The zero-order valence-corrected chi connectivity index (χ0v) is 15.7. The van der Waals surface area contributed by atoms with Crippen molar-refractivity contribution < 1.29 is 9.59 Å². The van der Waals surface area contributed by atoms with E-state index in [1.54, 1.807) is 18.2 Å². The molecule has 0 aliphatic carbocycles. The van der Waals surface area contributed by atoms with Gasteiger partial charge in [0.05, 0.1) is 17.3 Å². The summed E-state index contributed by atoms with van der Waals surface area (Å²) in [4.78, 5) is 28.4. The lowest BCUT2D eigenvalue weighted by atomic mass is 10.2. The molecule has 2 aromatic carbocycles. The summed E-state index contributed by atoms with van der Waals surface area (Å²) in [5, 5.41) is 3.35. The van der Waals surface area contributed by atoms with Crippen molar-refractivity contribution in [2.75, 3.05) is 38.0 Å². The van der Waals surface area contributed by atoms with Gasteiger partial charge in [-0.3, -0.25) is 14.5 Å². The molecule has 1 aliphatic heterocycles. The smallest absolute Gasteiger partial charge is 0.246 e. The Hall–Kier alpha value is -2.63. The normalized spacial score (nSPS) is 15.1. The van der Waals surface area contributed by atoms with E-state index in [0.29, 0.717) is 36.9 Å². The van der Waals surface area contributed by atoms with E-state index in [1.165, 1.54) is 0 Å². The predicted molar refractivity (Wildman–Crippen MR) is 109 cm³/mol. The number of piperazine rings is 1. The zero-order chi connectivity index (χ0) is 19.1. The lowest BCUT2D eigenvalue weighted by molar-refractivity contribution is -0.127. The van der Waals surface area contributed by atoms with Gasteiger partial charge in [-0.25, -0.2) is 0 Å². The summed E-state index contributed by atoms with van der Waals surface area (Å²) in [6.07, 6.45) is 3.43. The Bertz CT molecular complexity index is 815. The van der Waals surface area contributed by atoms with E-state index in [-0.39, 0.29) is 18.4 Å². The third-order valence-corrected chi connectivity index (χ3v) is 4.75. The molecule has 1 saturated heterocycles. The van der Waals surface area contributed by atoms with Gasteiger partial charge in [0.15, 0.2) is 0 Å². The third-order valence-electron chi connectivity index (χ3n) is 4.42. The fourth-order valence-corrected chi connectivity index (χ4v) is 3.10. The number of benzene rings is 2. The highest BCUT2D eigenvalue weighted by atomic mass is 35.5. The van der Waals surface area contributed by atoms with Crippen molar-refractivity contribution in [3.05, 3.63) is 71.3 Å². The molecule has 1 heterocycles. The van der Waals surface area contributed by atoms with Crippen molar-refractivity contribution in [1.82, 2.24) is 9.80 Å². The number of nitrogens with zero attached hydrogens (tertiary/aromatic N) is 2. The molecular weight excluding hydrogens is 362 g/mol. The number of rotatable bonds is 5. The Kier molecular flexibility index (Phi) is 6.63. The first-order valence-corrected chi connectivity index (χ1v) is 9.28. The summed E-state index contributed by atoms with van der Waals surface area (Å²) in [5.74, 6) is -0.106. The maximum atomic E-state index is 12.3. The van der Waals surface area contributed by atoms with Crippen molar-refractivity contribution in [1.29, 1.82) is 0 Å². The van der Waals surface area contributed by atoms with Crippen LogP contribution in [-0.4, -0.2) is 54.3 Å².